The van der Waals surface area contributed by atoms with Gasteiger partial charge in [0.2, 0.25) is 0 Å². The van der Waals surface area contributed by atoms with Crippen LogP contribution in [0.1, 0.15) is 39.5 Å². The first-order valence-corrected chi connectivity index (χ1v) is 5.61. The van der Waals surface area contributed by atoms with Gasteiger partial charge in [0.05, 0.1) is 6.10 Å². The number of hydrogen-bond donors (Lipinski definition) is 2. The molecule has 0 aromatic carbocycles. The van der Waals surface area contributed by atoms with Gasteiger partial charge in [-0.1, -0.05) is 20.3 Å². The molecular formula is C11H23NO. The van der Waals surface area contributed by atoms with Crippen molar-refractivity contribution in [1.29, 1.82) is 0 Å². The van der Waals surface area contributed by atoms with E-state index in [4.69, 9.17) is 0 Å². The van der Waals surface area contributed by atoms with Crippen molar-refractivity contribution >= 4 is 0 Å². The quantitative estimate of drug-likeness (QED) is 0.684. The Hall–Kier alpha value is -0.0800. The molecule has 2 nitrogen and oxygen atoms in total. The molecule has 0 aromatic rings. The fourth-order valence-corrected chi connectivity index (χ4v) is 1.91. The van der Waals surface area contributed by atoms with E-state index in [9.17, 15) is 5.11 Å². The maximum absolute atomic E-state index is 9.33. The number of aliphatic hydroxyl groups is 1. The standard InChI is InChI=1S/C11H23NO/c1-3-9(2)7-12-8-10-4-5-11(13)6-10/h9-13H,3-8H2,1-2H3. The van der Waals surface area contributed by atoms with Gasteiger partial charge in [0.25, 0.3) is 0 Å². The van der Waals surface area contributed by atoms with Crippen molar-refractivity contribution in [3.8, 4) is 0 Å². The summed E-state index contributed by atoms with van der Waals surface area (Å²) in [6, 6.07) is 0. The van der Waals surface area contributed by atoms with Crippen LogP contribution in [0.3, 0.4) is 0 Å². The zero-order valence-electron chi connectivity index (χ0n) is 8.92. The molecule has 2 N–H and O–H groups in total. The molecule has 0 amide bonds. The number of rotatable bonds is 5. The lowest BCUT2D eigenvalue weighted by atomic mass is 10.1. The molecule has 1 fully saturated rings. The molecule has 3 unspecified atom stereocenters. The molecule has 1 rings (SSSR count). The molecule has 1 saturated carbocycles. The Bertz CT molecular complexity index is 138. The van der Waals surface area contributed by atoms with E-state index in [1.165, 1.54) is 12.8 Å². The van der Waals surface area contributed by atoms with E-state index in [0.29, 0.717) is 0 Å². The molecule has 0 bridgehead atoms. The Morgan fingerprint density at radius 1 is 1.46 bits per heavy atom. The highest BCUT2D eigenvalue weighted by Gasteiger charge is 2.21. The lowest BCUT2D eigenvalue weighted by molar-refractivity contribution is 0.177. The van der Waals surface area contributed by atoms with Crippen LogP contribution in [0.4, 0.5) is 0 Å². The average Bonchev–Trinajstić information content (AvgIpc) is 2.51. The van der Waals surface area contributed by atoms with Crippen LogP contribution in [-0.2, 0) is 0 Å². The minimum atomic E-state index is -0.0181. The third kappa shape index (κ3) is 4.10. The maximum atomic E-state index is 9.33. The van der Waals surface area contributed by atoms with Crippen molar-refractivity contribution in [2.24, 2.45) is 11.8 Å². The van der Waals surface area contributed by atoms with E-state index >= 15 is 0 Å². The molecule has 2 heteroatoms. The van der Waals surface area contributed by atoms with E-state index in [0.717, 1.165) is 37.8 Å². The van der Waals surface area contributed by atoms with Crippen molar-refractivity contribution in [2.45, 2.75) is 45.6 Å². The fraction of sp³-hybridized carbons (Fsp3) is 1.00. The third-order valence-corrected chi connectivity index (χ3v) is 3.14. The largest absolute Gasteiger partial charge is 0.393 e. The maximum Gasteiger partial charge on any atom is 0.0543 e. The molecule has 0 heterocycles. The van der Waals surface area contributed by atoms with Gasteiger partial charge in [-0.15, -0.1) is 0 Å². The second-order valence-corrected chi connectivity index (χ2v) is 4.50. The molecule has 78 valence electrons. The van der Waals surface area contributed by atoms with Crippen LogP contribution in [0, 0.1) is 11.8 Å². The molecule has 1 aliphatic rings. The van der Waals surface area contributed by atoms with Crippen molar-refractivity contribution in [2.75, 3.05) is 13.1 Å². The lowest BCUT2D eigenvalue weighted by Crippen LogP contribution is -2.26. The van der Waals surface area contributed by atoms with Crippen molar-refractivity contribution in [1.82, 2.24) is 5.32 Å². The summed E-state index contributed by atoms with van der Waals surface area (Å²) >= 11 is 0. The second-order valence-electron chi connectivity index (χ2n) is 4.50. The molecule has 0 aromatic heterocycles. The van der Waals surface area contributed by atoms with Crippen molar-refractivity contribution in [3.05, 3.63) is 0 Å². The molecule has 0 radical (unpaired) electrons. The summed E-state index contributed by atoms with van der Waals surface area (Å²) in [5.41, 5.74) is 0. The number of nitrogens with one attached hydrogen (secondary N) is 1. The van der Waals surface area contributed by atoms with E-state index in [1.807, 2.05) is 0 Å². The first-order valence-electron chi connectivity index (χ1n) is 5.61. The van der Waals surface area contributed by atoms with Gasteiger partial charge in [-0.3, -0.25) is 0 Å². The van der Waals surface area contributed by atoms with E-state index < -0.39 is 0 Å². The summed E-state index contributed by atoms with van der Waals surface area (Å²) in [6.07, 6.45) is 4.45. The highest BCUT2D eigenvalue weighted by molar-refractivity contribution is 4.76. The lowest BCUT2D eigenvalue weighted by Gasteiger charge is -2.13. The van der Waals surface area contributed by atoms with Gasteiger partial charge in [0.1, 0.15) is 0 Å². The fourth-order valence-electron chi connectivity index (χ4n) is 1.91. The Balaban J connectivity index is 2.00. The molecule has 0 saturated heterocycles. The van der Waals surface area contributed by atoms with Crippen molar-refractivity contribution < 1.29 is 5.11 Å². The first-order chi connectivity index (χ1) is 6.22. The average molecular weight is 185 g/mol. The van der Waals surface area contributed by atoms with Gasteiger partial charge >= 0.3 is 0 Å². The van der Waals surface area contributed by atoms with Crippen LogP contribution >= 0.6 is 0 Å². The van der Waals surface area contributed by atoms with E-state index in [-0.39, 0.29) is 6.10 Å². The molecule has 0 aliphatic heterocycles. The Kier molecular flexibility index (Phi) is 4.74. The highest BCUT2D eigenvalue weighted by atomic mass is 16.3. The van der Waals surface area contributed by atoms with Gasteiger partial charge in [-0.25, -0.2) is 0 Å². The summed E-state index contributed by atoms with van der Waals surface area (Å²) in [7, 11) is 0. The molecule has 1 aliphatic carbocycles. The summed E-state index contributed by atoms with van der Waals surface area (Å²) in [5, 5.41) is 12.8. The van der Waals surface area contributed by atoms with Gasteiger partial charge < -0.3 is 10.4 Å². The van der Waals surface area contributed by atoms with Gasteiger partial charge in [0.15, 0.2) is 0 Å². The van der Waals surface area contributed by atoms with Crippen LogP contribution in [0.15, 0.2) is 0 Å². The molecule has 13 heavy (non-hydrogen) atoms. The first kappa shape index (κ1) is 11.0. The molecule has 3 atom stereocenters. The Morgan fingerprint density at radius 3 is 2.77 bits per heavy atom. The van der Waals surface area contributed by atoms with Gasteiger partial charge in [-0.05, 0) is 44.2 Å². The minimum absolute atomic E-state index is 0.0181. The summed E-state index contributed by atoms with van der Waals surface area (Å²) in [4.78, 5) is 0. The van der Waals surface area contributed by atoms with Crippen LogP contribution in [-0.4, -0.2) is 24.3 Å². The molecular weight excluding hydrogens is 162 g/mol. The zero-order chi connectivity index (χ0) is 9.68. The van der Waals surface area contributed by atoms with E-state index in [2.05, 4.69) is 19.2 Å². The Morgan fingerprint density at radius 2 is 2.23 bits per heavy atom. The minimum Gasteiger partial charge on any atom is -0.393 e. The van der Waals surface area contributed by atoms with Gasteiger partial charge in [0, 0.05) is 0 Å². The van der Waals surface area contributed by atoms with Crippen LogP contribution in [0.5, 0.6) is 0 Å². The van der Waals surface area contributed by atoms with Crippen molar-refractivity contribution in [3.63, 3.8) is 0 Å². The summed E-state index contributed by atoms with van der Waals surface area (Å²) in [6.45, 7) is 6.73. The zero-order valence-corrected chi connectivity index (χ0v) is 8.92. The normalized spacial score (nSPS) is 30.7. The van der Waals surface area contributed by atoms with Crippen LogP contribution in [0.25, 0.3) is 0 Å². The smallest absolute Gasteiger partial charge is 0.0543 e. The monoisotopic (exact) mass is 185 g/mol. The molecule has 0 spiro atoms. The Labute approximate surface area is 81.7 Å². The summed E-state index contributed by atoms with van der Waals surface area (Å²) < 4.78 is 0. The SMILES string of the molecule is CCC(C)CNCC1CCC(O)C1. The van der Waals surface area contributed by atoms with Gasteiger partial charge in [-0.2, -0.15) is 0 Å². The topological polar surface area (TPSA) is 32.3 Å². The number of aliphatic hydroxyl groups excluding tert-OH is 1. The van der Waals surface area contributed by atoms with E-state index in [1.54, 1.807) is 0 Å². The predicted octanol–water partition coefficient (Wildman–Crippen LogP) is 1.78. The number of hydrogen-bond acceptors (Lipinski definition) is 2. The third-order valence-electron chi connectivity index (χ3n) is 3.14. The highest BCUT2D eigenvalue weighted by Crippen LogP contribution is 2.24. The second kappa shape index (κ2) is 5.61. The van der Waals surface area contributed by atoms with Crippen LogP contribution < -0.4 is 5.32 Å². The predicted molar refractivity (Wildman–Crippen MR) is 55.7 cm³/mol. The van der Waals surface area contributed by atoms with Crippen LogP contribution in [0.2, 0.25) is 0 Å². The summed E-state index contributed by atoms with van der Waals surface area (Å²) in [5.74, 6) is 1.50.